The van der Waals surface area contributed by atoms with E-state index < -0.39 is 11.7 Å². The molecule has 0 N–H and O–H groups in total. The first kappa shape index (κ1) is 23.7. The molecule has 1 aliphatic rings. The Morgan fingerprint density at radius 2 is 1.39 bits per heavy atom. The molecule has 0 bridgehead atoms. The van der Waals surface area contributed by atoms with Crippen LogP contribution in [0, 0.1) is 0 Å². The van der Waals surface area contributed by atoms with Crippen molar-refractivity contribution in [3.63, 3.8) is 0 Å². The number of hydrogen-bond acceptors (Lipinski definition) is 3. The largest absolute Gasteiger partial charge is 0.469 e. The van der Waals surface area contributed by atoms with Gasteiger partial charge in [-0.25, -0.2) is 0 Å². The van der Waals surface area contributed by atoms with Crippen LogP contribution in [-0.4, -0.2) is 31.1 Å². The Kier molecular flexibility index (Phi) is 11.0. The molecule has 1 saturated heterocycles. The fraction of sp³-hybridized carbons (Fsp3) is 0.409. The van der Waals surface area contributed by atoms with Crippen molar-refractivity contribution in [2.75, 3.05) is 20.2 Å². The number of methoxy groups -OCH3 is 1. The van der Waals surface area contributed by atoms with Gasteiger partial charge < -0.3 is 4.74 Å². The Morgan fingerprint density at radius 3 is 1.79 bits per heavy atom. The number of benzene rings is 2. The Balaban J connectivity index is 0.000000233. The number of alkyl halides is 3. The first-order valence-electron chi connectivity index (χ1n) is 9.26. The van der Waals surface area contributed by atoms with Gasteiger partial charge in [-0.3, -0.25) is 9.69 Å². The Bertz CT molecular complexity index is 654. The smallest absolute Gasteiger partial charge is 0.416 e. The number of carbonyl (C=O) groups excluding carboxylic acids is 1. The highest BCUT2D eigenvalue weighted by atomic mass is 19.4. The van der Waals surface area contributed by atoms with Gasteiger partial charge in [0, 0.05) is 13.5 Å². The van der Waals surface area contributed by atoms with E-state index in [-0.39, 0.29) is 5.97 Å². The molecule has 0 atom stereocenters. The van der Waals surface area contributed by atoms with Crippen LogP contribution in [-0.2, 0) is 22.3 Å². The summed E-state index contributed by atoms with van der Waals surface area (Å²) in [5, 5.41) is 0. The number of esters is 1. The van der Waals surface area contributed by atoms with Crippen molar-refractivity contribution >= 4 is 5.97 Å². The minimum absolute atomic E-state index is 0.245. The summed E-state index contributed by atoms with van der Waals surface area (Å²) in [7, 11) is 1.35. The SMILES string of the molecule is COC(C)=O.FC(F)(F)c1ccccc1.c1ccc(CN2CCCCC2)cc1. The van der Waals surface area contributed by atoms with Crippen LogP contribution < -0.4 is 0 Å². The van der Waals surface area contributed by atoms with E-state index in [0.29, 0.717) is 0 Å². The number of halogens is 3. The summed E-state index contributed by atoms with van der Waals surface area (Å²) in [6.07, 6.45) is -0.0216. The fourth-order valence-corrected chi connectivity index (χ4v) is 2.59. The van der Waals surface area contributed by atoms with Gasteiger partial charge in [0.05, 0.1) is 12.7 Å². The molecular formula is C22H28F3NO2. The summed E-state index contributed by atoms with van der Waals surface area (Å²) in [5.41, 5.74) is 0.847. The molecule has 2 aromatic rings. The zero-order chi connectivity index (χ0) is 20.8. The third-order valence-electron chi connectivity index (χ3n) is 4.09. The predicted molar refractivity (Wildman–Crippen MR) is 105 cm³/mol. The van der Waals surface area contributed by atoms with E-state index >= 15 is 0 Å². The Morgan fingerprint density at radius 1 is 0.929 bits per heavy atom. The number of hydrogen-bond donors (Lipinski definition) is 0. The molecule has 28 heavy (non-hydrogen) atoms. The van der Waals surface area contributed by atoms with Crippen molar-refractivity contribution in [3.05, 3.63) is 71.8 Å². The molecule has 6 heteroatoms. The summed E-state index contributed by atoms with van der Waals surface area (Å²) in [6, 6.07) is 17.1. The van der Waals surface area contributed by atoms with E-state index in [9.17, 15) is 18.0 Å². The maximum atomic E-state index is 11.8. The molecule has 1 heterocycles. The number of piperidine rings is 1. The summed E-state index contributed by atoms with van der Waals surface area (Å²) in [4.78, 5) is 12.1. The Labute approximate surface area is 165 Å². The maximum absolute atomic E-state index is 11.8. The summed E-state index contributed by atoms with van der Waals surface area (Å²) in [6.45, 7) is 5.07. The quantitative estimate of drug-likeness (QED) is 0.624. The summed E-state index contributed by atoms with van der Waals surface area (Å²) >= 11 is 0. The molecule has 3 rings (SSSR count). The van der Waals surface area contributed by atoms with Crippen molar-refractivity contribution in [1.29, 1.82) is 0 Å². The lowest BCUT2D eigenvalue weighted by Gasteiger charge is -2.26. The first-order valence-corrected chi connectivity index (χ1v) is 9.26. The van der Waals surface area contributed by atoms with E-state index in [2.05, 4.69) is 40.0 Å². The average Bonchev–Trinajstić information content (AvgIpc) is 2.70. The zero-order valence-corrected chi connectivity index (χ0v) is 16.4. The molecule has 0 aromatic heterocycles. The number of nitrogens with zero attached hydrogens (tertiary/aromatic N) is 1. The van der Waals surface area contributed by atoms with Crippen LogP contribution in [0.5, 0.6) is 0 Å². The monoisotopic (exact) mass is 395 g/mol. The molecule has 0 saturated carbocycles. The van der Waals surface area contributed by atoms with Crippen molar-refractivity contribution in [3.8, 4) is 0 Å². The minimum Gasteiger partial charge on any atom is -0.469 e. The summed E-state index contributed by atoms with van der Waals surface area (Å²) < 4.78 is 39.5. The number of ether oxygens (including phenoxy) is 1. The number of rotatable bonds is 2. The third kappa shape index (κ3) is 10.7. The van der Waals surface area contributed by atoms with Crippen LogP contribution in [0.1, 0.15) is 37.3 Å². The molecule has 2 aromatic carbocycles. The highest BCUT2D eigenvalue weighted by molar-refractivity contribution is 5.65. The lowest BCUT2D eigenvalue weighted by molar-refractivity contribution is -0.138. The van der Waals surface area contributed by atoms with E-state index in [1.54, 1.807) is 6.07 Å². The van der Waals surface area contributed by atoms with Gasteiger partial charge in [-0.15, -0.1) is 0 Å². The second-order valence-corrected chi connectivity index (χ2v) is 6.38. The zero-order valence-electron chi connectivity index (χ0n) is 16.4. The first-order chi connectivity index (χ1) is 13.3. The van der Waals surface area contributed by atoms with E-state index in [0.717, 1.165) is 18.7 Å². The van der Waals surface area contributed by atoms with Crippen molar-refractivity contribution in [2.45, 2.75) is 38.9 Å². The van der Waals surface area contributed by atoms with Crippen molar-refractivity contribution in [2.24, 2.45) is 0 Å². The third-order valence-corrected chi connectivity index (χ3v) is 4.09. The average molecular weight is 395 g/mol. The normalized spacial score (nSPS) is 14.0. The topological polar surface area (TPSA) is 29.5 Å². The highest BCUT2D eigenvalue weighted by Crippen LogP contribution is 2.28. The maximum Gasteiger partial charge on any atom is 0.416 e. The molecule has 0 radical (unpaired) electrons. The van der Waals surface area contributed by atoms with Crippen LogP contribution in [0.25, 0.3) is 0 Å². The number of carbonyl (C=O) groups is 1. The molecule has 1 fully saturated rings. The van der Waals surface area contributed by atoms with Gasteiger partial charge in [-0.2, -0.15) is 13.2 Å². The van der Waals surface area contributed by atoms with E-state index in [4.69, 9.17) is 0 Å². The molecule has 3 nitrogen and oxygen atoms in total. The summed E-state index contributed by atoms with van der Waals surface area (Å²) in [5.74, 6) is -0.245. The minimum atomic E-state index is -4.21. The lowest BCUT2D eigenvalue weighted by atomic mass is 10.1. The second kappa shape index (κ2) is 12.9. The van der Waals surface area contributed by atoms with Crippen molar-refractivity contribution < 1.29 is 22.7 Å². The van der Waals surface area contributed by atoms with Gasteiger partial charge in [0.25, 0.3) is 0 Å². The van der Waals surface area contributed by atoms with Crippen molar-refractivity contribution in [1.82, 2.24) is 4.90 Å². The Hall–Kier alpha value is -2.34. The molecule has 0 unspecified atom stereocenters. The van der Waals surface area contributed by atoms with E-state index in [1.165, 1.54) is 64.1 Å². The second-order valence-electron chi connectivity index (χ2n) is 6.38. The van der Waals surface area contributed by atoms with Gasteiger partial charge >= 0.3 is 12.1 Å². The van der Waals surface area contributed by atoms with Gasteiger partial charge in [0.1, 0.15) is 0 Å². The molecule has 0 amide bonds. The molecule has 0 aliphatic carbocycles. The molecule has 1 aliphatic heterocycles. The lowest BCUT2D eigenvalue weighted by Crippen LogP contribution is -2.28. The van der Waals surface area contributed by atoms with Gasteiger partial charge in [-0.05, 0) is 31.5 Å². The van der Waals surface area contributed by atoms with Crippen LogP contribution in [0.4, 0.5) is 13.2 Å². The van der Waals surface area contributed by atoms with Gasteiger partial charge in [0.15, 0.2) is 0 Å². The molecule has 0 spiro atoms. The van der Waals surface area contributed by atoms with Crippen LogP contribution in [0.2, 0.25) is 0 Å². The van der Waals surface area contributed by atoms with Gasteiger partial charge in [0.2, 0.25) is 0 Å². The predicted octanol–water partition coefficient (Wildman–Crippen LogP) is 5.56. The number of likely N-dealkylation sites (tertiary alicyclic amines) is 1. The fourth-order valence-electron chi connectivity index (χ4n) is 2.59. The van der Waals surface area contributed by atoms with Crippen LogP contribution >= 0.6 is 0 Å². The van der Waals surface area contributed by atoms with Gasteiger partial charge in [-0.1, -0.05) is 67.1 Å². The molecular weight excluding hydrogens is 367 g/mol. The molecule has 154 valence electrons. The standard InChI is InChI=1S/C12H17N.C7H5F3.C3H6O2/c1-3-7-12(8-4-1)11-13-9-5-2-6-10-13;8-7(9,10)6-4-2-1-3-5-6;1-3(4)5-2/h1,3-4,7-8H,2,5-6,9-11H2;1-5H;1-2H3. The highest BCUT2D eigenvalue weighted by Gasteiger charge is 2.29. The van der Waals surface area contributed by atoms with Crippen LogP contribution in [0.3, 0.4) is 0 Å². The van der Waals surface area contributed by atoms with Crippen LogP contribution in [0.15, 0.2) is 60.7 Å². The van der Waals surface area contributed by atoms with E-state index in [1.807, 2.05) is 0 Å².